The van der Waals surface area contributed by atoms with Crippen LogP contribution in [0.4, 0.5) is 8.78 Å². The molecule has 0 bridgehead atoms. The third-order valence-electron chi connectivity index (χ3n) is 4.17. The summed E-state index contributed by atoms with van der Waals surface area (Å²) in [6.07, 6.45) is 1.12. The zero-order valence-corrected chi connectivity index (χ0v) is 18.1. The van der Waals surface area contributed by atoms with Crippen LogP contribution in [0, 0.1) is 5.41 Å². The topological polar surface area (TPSA) is 46.1 Å². The van der Waals surface area contributed by atoms with Crippen LogP contribution in [0.15, 0.2) is 23.2 Å². The van der Waals surface area contributed by atoms with E-state index in [2.05, 4.69) is 33.8 Å². The largest absolute Gasteiger partial charge is 0.493 e. The molecule has 1 aromatic carbocycles. The molecule has 0 spiro atoms. The number of methoxy groups -OCH3 is 1. The molecule has 0 amide bonds. The summed E-state index contributed by atoms with van der Waals surface area (Å²) in [6, 6.07) is 4.97. The maximum atomic E-state index is 12.5. The van der Waals surface area contributed by atoms with E-state index >= 15 is 0 Å². The van der Waals surface area contributed by atoms with E-state index in [9.17, 15) is 8.78 Å². The lowest BCUT2D eigenvalue weighted by Crippen LogP contribution is -2.40. The summed E-state index contributed by atoms with van der Waals surface area (Å²) in [4.78, 5) is 6.89. The number of nitrogens with one attached hydrogen (secondary N) is 1. The number of halogens is 3. The molecule has 5 nitrogen and oxygen atoms in total. The van der Waals surface area contributed by atoms with E-state index in [-0.39, 0.29) is 40.9 Å². The third kappa shape index (κ3) is 6.44. The average Bonchev–Trinajstić information content (AvgIpc) is 2.91. The van der Waals surface area contributed by atoms with Crippen molar-refractivity contribution in [3.8, 4) is 11.5 Å². The van der Waals surface area contributed by atoms with E-state index in [0.717, 1.165) is 37.6 Å². The number of aliphatic imine (C=N–C) groups is 1. The Morgan fingerprint density at radius 1 is 1.35 bits per heavy atom. The highest BCUT2D eigenvalue weighted by molar-refractivity contribution is 14.0. The van der Waals surface area contributed by atoms with Crippen LogP contribution in [0.2, 0.25) is 0 Å². The minimum Gasteiger partial charge on any atom is -0.493 e. The van der Waals surface area contributed by atoms with Gasteiger partial charge in [-0.2, -0.15) is 8.78 Å². The van der Waals surface area contributed by atoms with Crippen molar-refractivity contribution < 1.29 is 18.3 Å². The molecule has 1 aliphatic heterocycles. The van der Waals surface area contributed by atoms with Gasteiger partial charge < -0.3 is 19.7 Å². The monoisotopic (exact) mass is 483 g/mol. The number of ether oxygens (including phenoxy) is 2. The van der Waals surface area contributed by atoms with Gasteiger partial charge in [0.15, 0.2) is 17.5 Å². The average molecular weight is 483 g/mol. The fourth-order valence-electron chi connectivity index (χ4n) is 2.89. The summed E-state index contributed by atoms with van der Waals surface area (Å²) >= 11 is 0. The molecule has 1 saturated heterocycles. The van der Waals surface area contributed by atoms with Crippen LogP contribution in [-0.4, -0.2) is 44.2 Å². The lowest BCUT2D eigenvalue weighted by Gasteiger charge is -2.23. The first-order valence-corrected chi connectivity index (χ1v) is 8.49. The van der Waals surface area contributed by atoms with E-state index in [1.807, 2.05) is 6.92 Å². The summed E-state index contributed by atoms with van der Waals surface area (Å²) < 4.78 is 34.7. The highest BCUT2D eigenvalue weighted by atomic mass is 127. The zero-order chi connectivity index (χ0) is 18.4. The van der Waals surface area contributed by atoms with Gasteiger partial charge in [-0.1, -0.05) is 19.9 Å². The first-order valence-electron chi connectivity index (χ1n) is 8.49. The quantitative estimate of drug-likeness (QED) is 0.376. The molecule has 0 radical (unpaired) electrons. The van der Waals surface area contributed by atoms with Gasteiger partial charge in [0.05, 0.1) is 13.7 Å². The van der Waals surface area contributed by atoms with Crippen LogP contribution in [0.25, 0.3) is 0 Å². The van der Waals surface area contributed by atoms with Crippen molar-refractivity contribution in [2.24, 2.45) is 10.4 Å². The van der Waals surface area contributed by atoms with E-state index in [1.165, 1.54) is 7.11 Å². The first-order chi connectivity index (χ1) is 11.8. The Morgan fingerprint density at radius 3 is 2.62 bits per heavy atom. The van der Waals surface area contributed by atoms with Gasteiger partial charge in [0, 0.05) is 19.6 Å². The SMILES string of the molecule is CCNC(=NCc1ccc(OC)c(OC(F)F)c1)N1CCC(C)(C)C1.I. The number of alkyl halides is 2. The molecule has 26 heavy (non-hydrogen) atoms. The van der Waals surface area contributed by atoms with Crippen molar-refractivity contribution in [1.29, 1.82) is 0 Å². The molecular formula is C18H28F2IN3O2. The van der Waals surface area contributed by atoms with Crippen molar-refractivity contribution in [3.05, 3.63) is 23.8 Å². The number of hydrogen-bond donors (Lipinski definition) is 1. The molecule has 1 heterocycles. The molecule has 0 saturated carbocycles. The first kappa shape index (κ1) is 22.7. The molecule has 0 aliphatic carbocycles. The van der Waals surface area contributed by atoms with E-state index < -0.39 is 6.61 Å². The normalized spacial score (nSPS) is 16.4. The Bertz CT molecular complexity index is 612. The van der Waals surface area contributed by atoms with Crippen molar-refractivity contribution in [2.45, 2.75) is 40.3 Å². The number of hydrogen-bond acceptors (Lipinski definition) is 3. The van der Waals surface area contributed by atoms with Gasteiger partial charge in [0.2, 0.25) is 0 Å². The summed E-state index contributed by atoms with van der Waals surface area (Å²) in [7, 11) is 1.42. The van der Waals surface area contributed by atoms with Crippen LogP contribution in [0.1, 0.15) is 32.8 Å². The van der Waals surface area contributed by atoms with Gasteiger partial charge in [-0.15, -0.1) is 24.0 Å². The van der Waals surface area contributed by atoms with Gasteiger partial charge in [-0.3, -0.25) is 0 Å². The van der Waals surface area contributed by atoms with Crippen molar-refractivity contribution in [1.82, 2.24) is 10.2 Å². The second-order valence-corrected chi connectivity index (χ2v) is 6.87. The fraction of sp³-hybridized carbons (Fsp3) is 0.611. The minimum absolute atomic E-state index is 0. The lowest BCUT2D eigenvalue weighted by molar-refractivity contribution is -0.0512. The van der Waals surface area contributed by atoms with Crippen molar-refractivity contribution in [3.63, 3.8) is 0 Å². The summed E-state index contributed by atoms with van der Waals surface area (Å²) in [5.41, 5.74) is 1.06. The molecule has 1 aromatic rings. The summed E-state index contributed by atoms with van der Waals surface area (Å²) in [5, 5.41) is 3.30. The number of likely N-dealkylation sites (tertiary alicyclic amines) is 1. The van der Waals surface area contributed by atoms with Gasteiger partial charge in [-0.05, 0) is 36.5 Å². The highest BCUT2D eigenvalue weighted by Gasteiger charge is 2.30. The summed E-state index contributed by atoms with van der Waals surface area (Å²) in [5.74, 6) is 1.15. The molecule has 1 aliphatic rings. The van der Waals surface area contributed by atoms with Crippen LogP contribution >= 0.6 is 24.0 Å². The molecule has 1 fully saturated rings. The highest BCUT2D eigenvalue weighted by Crippen LogP contribution is 2.30. The zero-order valence-electron chi connectivity index (χ0n) is 15.7. The van der Waals surface area contributed by atoms with Gasteiger partial charge in [0.25, 0.3) is 0 Å². The smallest absolute Gasteiger partial charge is 0.387 e. The number of benzene rings is 1. The Balaban J connectivity index is 0.00000338. The van der Waals surface area contributed by atoms with Gasteiger partial charge in [-0.25, -0.2) is 4.99 Å². The van der Waals surface area contributed by atoms with Crippen LogP contribution in [0.3, 0.4) is 0 Å². The molecule has 8 heteroatoms. The van der Waals surface area contributed by atoms with Gasteiger partial charge in [0.1, 0.15) is 0 Å². The van der Waals surface area contributed by atoms with E-state index in [1.54, 1.807) is 18.2 Å². The molecule has 0 unspecified atom stereocenters. The maximum absolute atomic E-state index is 12.5. The Labute approximate surface area is 171 Å². The van der Waals surface area contributed by atoms with Gasteiger partial charge >= 0.3 is 6.61 Å². The van der Waals surface area contributed by atoms with Crippen LogP contribution in [0.5, 0.6) is 11.5 Å². The van der Waals surface area contributed by atoms with E-state index in [0.29, 0.717) is 6.54 Å². The third-order valence-corrected chi connectivity index (χ3v) is 4.17. The molecule has 1 N–H and O–H groups in total. The standard InChI is InChI=1S/C18H27F2N3O2.HI/c1-5-21-17(23-9-8-18(2,3)12-23)22-11-13-6-7-14(24-4)15(10-13)25-16(19)20;/h6-7,10,16H,5,8-9,11-12H2,1-4H3,(H,21,22);1H. The predicted octanol–water partition coefficient (Wildman–Crippen LogP) is 4.11. The van der Waals surface area contributed by atoms with Crippen molar-refractivity contribution >= 4 is 29.9 Å². The second-order valence-electron chi connectivity index (χ2n) is 6.87. The number of rotatable bonds is 6. The fourth-order valence-corrected chi connectivity index (χ4v) is 2.89. The lowest BCUT2D eigenvalue weighted by atomic mass is 9.93. The Kier molecular flexibility index (Phi) is 8.85. The Hall–Kier alpha value is -1.32. The summed E-state index contributed by atoms with van der Waals surface area (Å²) in [6.45, 7) is 6.68. The predicted molar refractivity (Wildman–Crippen MR) is 110 cm³/mol. The van der Waals surface area contributed by atoms with Crippen LogP contribution < -0.4 is 14.8 Å². The molecular weight excluding hydrogens is 455 g/mol. The van der Waals surface area contributed by atoms with Crippen LogP contribution in [-0.2, 0) is 6.54 Å². The molecule has 148 valence electrons. The Morgan fingerprint density at radius 2 is 2.08 bits per heavy atom. The minimum atomic E-state index is -2.89. The number of nitrogens with zero attached hydrogens (tertiary/aromatic N) is 2. The maximum Gasteiger partial charge on any atom is 0.387 e. The molecule has 0 atom stereocenters. The van der Waals surface area contributed by atoms with E-state index in [4.69, 9.17) is 4.74 Å². The molecule has 0 aromatic heterocycles. The molecule has 2 rings (SSSR count). The second kappa shape index (κ2) is 10.1. The number of guanidine groups is 1. The van der Waals surface area contributed by atoms with Crippen molar-refractivity contribution in [2.75, 3.05) is 26.7 Å².